The molecule has 0 aliphatic rings. The van der Waals surface area contributed by atoms with Gasteiger partial charge in [0, 0.05) is 13.1 Å². The first kappa shape index (κ1) is 16.2. The molecule has 1 aromatic carbocycles. The van der Waals surface area contributed by atoms with Gasteiger partial charge in [-0.15, -0.1) is 0 Å². The molecule has 0 aliphatic carbocycles. The molecule has 2 heteroatoms. The average molecular weight is 262 g/mol. The quantitative estimate of drug-likeness (QED) is 0.647. The molecule has 0 saturated carbocycles. The SMILES string of the molecule is CCCCCCCCN(C)Cc1ccccc1CN. The van der Waals surface area contributed by atoms with Crippen LogP contribution >= 0.6 is 0 Å². The van der Waals surface area contributed by atoms with E-state index in [2.05, 4.69) is 43.1 Å². The summed E-state index contributed by atoms with van der Waals surface area (Å²) in [6, 6.07) is 8.50. The third kappa shape index (κ3) is 6.74. The number of nitrogens with two attached hydrogens (primary N) is 1. The maximum atomic E-state index is 5.78. The maximum absolute atomic E-state index is 5.78. The van der Waals surface area contributed by atoms with Crippen molar-refractivity contribution in [3.63, 3.8) is 0 Å². The first-order valence-electron chi connectivity index (χ1n) is 7.73. The fraction of sp³-hybridized carbons (Fsp3) is 0.647. The van der Waals surface area contributed by atoms with Crippen LogP contribution in [0.15, 0.2) is 24.3 Å². The highest BCUT2D eigenvalue weighted by atomic mass is 15.1. The van der Waals surface area contributed by atoms with Crippen LogP contribution in [-0.2, 0) is 13.1 Å². The summed E-state index contributed by atoms with van der Waals surface area (Å²) < 4.78 is 0. The van der Waals surface area contributed by atoms with E-state index >= 15 is 0 Å². The third-order valence-electron chi connectivity index (χ3n) is 3.67. The predicted octanol–water partition coefficient (Wildman–Crippen LogP) is 3.94. The van der Waals surface area contributed by atoms with Crippen molar-refractivity contribution in [2.24, 2.45) is 5.73 Å². The van der Waals surface area contributed by atoms with Crippen LogP contribution in [0.3, 0.4) is 0 Å². The van der Waals surface area contributed by atoms with Gasteiger partial charge in [0.1, 0.15) is 0 Å². The van der Waals surface area contributed by atoms with Gasteiger partial charge >= 0.3 is 0 Å². The van der Waals surface area contributed by atoms with E-state index in [1.807, 2.05) is 0 Å². The largest absolute Gasteiger partial charge is 0.326 e. The summed E-state index contributed by atoms with van der Waals surface area (Å²) in [5, 5.41) is 0. The Hall–Kier alpha value is -0.860. The molecule has 19 heavy (non-hydrogen) atoms. The van der Waals surface area contributed by atoms with Crippen molar-refractivity contribution < 1.29 is 0 Å². The Kier molecular flexibility index (Phi) is 8.52. The van der Waals surface area contributed by atoms with E-state index in [0.717, 1.165) is 6.54 Å². The Morgan fingerprint density at radius 2 is 1.58 bits per heavy atom. The normalized spacial score (nSPS) is 11.2. The zero-order valence-electron chi connectivity index (χ0n) is 12.7. The molecular weight excluding hydrogens is 232 g/mol. The Morgan fingerprint density at radius 3 is 2.26 bits per heavy atom. The van der Waals surface area contributed by atoms with Crippen molar-refractivity contribution >= 4 is 0 Å². The fourth-order valence-electron chi connectivity index (χ4n) is 2.44. The lowest BCUT2D eigenvalue weighted by atomic mass is 10.1. The lowest BCUT2D eigenvalue weighted by Gasteiger charge is -2.18. The van der Waals surface area contributed by atoms with Crippen molar-refractivity contribution in [3.05, 3.63) is 35.4 Å². The monoisotopic (exact) mass is 262 g/mol. The molecule has 1 rings (SSSR count). The summed E-state index contributed by atoms with van der Waals surface area (Å²) in [5.41, 5.74) is 8.42. The van der Waals surface area contributed by atoms with E-state index in [4.69, 9.17) is 5.73 Å². The van der Waals surface area contributed by atoms with E-state index in [1.54, 1.807) is 0 Å². The second-order valence-corrected chi connectivity index (χ2v) is 5.48. The number of hydrogen-bond donors (Lipinski definition) is 1. The first-order chi connectivity index (χ1) is 9.27. The van der Waals surface area contributed by atoms with Crippen LogP contribution in [0.2, 0.25) is 0 Å². The Bertz CT molecular complexity index is 336. The number of unbranched alkanes of at least 4 members (excludes halogenated alkanes) is 5. The lowest BCUT2D eigenvalue weighted by Crippen LogP contribution is -2.20. The minimum absolute atomic E-state index is 0.640. The maximum Gasteiger partial charge on any atom is 0.0233 e. The first-order valence-corrected chi connectivity index (χ1v) is 7.73. The zero-order chi connectivity index (χ0) is 13.9. The van der Waals surface area contributed by atoms with E-state index in [-0.39, 0.29) is 0 Å². The van der Waals surface area contributed by atoms with Crippen LogP contribution in [0.5, 0.6) is 0 Å². The lowest BCUT2D eigenvalue weighted by molar-refractivity contribution is 0.315. The Balaban J connectivity index is 2.21. The molecule has 1 aromatic rings. The molecule has 0 fully saturated rings. The highest BCUT2D eigenvalue weighted by Crippen LogP contribution is 2.11. The second-order valence-electron chi connectivity index (χ2n) is 5.48. The van der Waals surface area contributed by atoms with Crippen molar-refractivity contribution in [1.82, 2.24) is 4.90 Å². The van der Waals surface area contributed by atoms with Crippen LogP contribution in [0.25, 0.3) is 0 Å². The molecule has 0 saturated heterocycles. The summed E-state index contributed by atoms with van der Waals surface area (Å²) in [7, 11) is 2.21. The van der Waals surface area contributed by atoms with E-state index < -0.39 is 0 Å². The summed E-state index contributed by atoms with van der Waals surface area (Å²) in [5.74, 6) is 0. The van der Waals surface area contributed by atoms with Gasteiger partial charge in [-0.2, -0.15) is 0 Å². The highest BCUT2D eigenvalue weighted by molar-refractivity contribution is 5.26. The topological polar surface area (TPSA) is 29.3 Å². The number of hydrogen-bond acceptors (Lipinski definition) is 2. The minimum Gasteiger partial charge on any atom is -0.326 e. The van der Waals surface area contributed by atoms with Crippen LogP contribution in [-0.4, -0.2) is 18.5 Å². The molecule has 0 heterocycles. The number of rotatable bonds is 10. The molecule has 0 bridgehead atoms. The van der Waals surface area contributed by atoms with Gasteiger partial charge in [0.25, 0.3) is 0 Å². The van der Waals surface area contributed by atoms with Crippen molar-refractivity contribution in [3.8, 4) is 0 Å². The van der Waals surface area contributed by atoms with E-state index in [9.17, 15) is 0 Å². The average Bonchev–Trinajstić information content (AvgIpc) is 2.43. The molecule has 0 unspecified atom stereocenters. The van der Waals surface area contributed by atoms with Gasteiger partial charge in [-0.25, -0.2) is 0 Å². The van der Waals surface area contributed by atoms with Crippen LogP contribution < -0.4 is 5.73 Å². The molecule has 0 radical (unpaired) electrons. The van der Waals surface area contributed by atoms with Gasteiger partial charge in [-0.1, -0.05) is 63.3 Å². The smallest absolute Gasteiger partial charge is 0.0233 e. The minimum atomic E-state index is 0.640. The molecule has 0 amide bonds. The molecule has 2 nitrogen and oxygen atoms in total. The summed E-state index contributed by atoms with van der Waals surface area (Å²) in [6.07, 6.45) is 8.18. The standard InChI is InChI=1S/C17H30N2/c1-3-4-5-6-7-10-13-19(2)15-17-12-9-8-11-16(17)14-18/h8-9,11-12H,3-7,10,13-15,18H2,1-2H3. The van der Waals surface area contributed by atoms with Crippen molar-refractivity contribution in [2.45, 2.75) is 58.5 Å². The van der Waals surface area contributed by atoms with E-state index in [0.29, 0.717) is 6.54 Å². The zero-order valence-corrected chi connectivity index (χ0v) is 12.7. The van der Waals surface area contributed by atoms with Crippen LogP contribution in [0, 0.1) is 0 Å². The second kappa shape index (κ2) is 9.99. The van der Waals surface area contributed by atoms with Gasteiger partial charge in [0.2, 0.25) is 0 Å². The Labute approximate surface area is 119 Å². The fourth-order valence-corrected chi connectivity index (χ4v) is 2.44. The summed E-state index contributed by atoms with van der Waals surface area (Å²) in [6.45, 7) is 5.11. The van der Waals surface area contributed by atoms with Gasteiger partial charge in [0.15, 0.2) is 0 Å². The molecule has 0 aliphatic heterocycles. The van der Waals surface area contributed by atoms with Crippen molar-refractivity contribution in [1.29, 1.82) is 0 Å². The molecular formula is C17H30N2. The van der Waals surface area contributed by atoms with Crippen molar-refractivity contribution in [2.75, 3.05) is 13.6 Å². The van der Waals surface area contributed by atoms with Gasteiger partial charge in [0.05, 0.1) is 0 Å². The molecule has 0 spiro atoms. The molecule has 2 N–H and O–H groups in total. The number of benzene rings is 1. The van der Waals surface area contributed by atoms with Crippen LogP contribution in [0.1, 0.15) is 56.6 Å². The predicted molar refractivity (Wildman–Crippen MR) is 84.0 cm³/mol. The Morgan fingerprint density at radius 1 is 0.947 bits per heavy atom. The van der Waals surface area contributed by atoms with Gasteiger partial charge < -0.3 is 10.6 Å². The molecule has 0 atom stereocenters. The summed E-state index contributed by atoms with van der Waals surface area (Å²) in [4.78, 5) is 2.41. The third-order valence-corrected chi connectivity index (χ3v) is 3.67. The molecule has 0 aromatic heterocycles. The van der Waals surface area contributed by atoms with Crippen LogP contribution in [0.4, 0.5) is 0 Å². The molecule has 108 valence electrons. The number of nitrogens with zero attached hydrogens (tertiary/aromatic N) is 1. The highest BCUT2D eigenvalue weighted by Gasteiger charge is 2.04. The van der Waals surface area contributed by atoms with E-state index in [1.165, 1.54) is 56.2 Å². The van der Waals surface area contributed by atoms with Gasteiger partial charge in [-0.3, -0.25) is 0 Å². The summed E-state index contributed by atoms with van der Waals surface area (Å²) >= 11 is 0. The van der Waals surface area contributed by atoms with Gasteiger partial charge in [-0.05, 0) is 31.1 Å².